The van der Waals surface area contributed by atoms with E-state index in [0.717, 1.165) is 36.8 Å². The van der Waals surface area contributed by atoms with E-state index in [1.807, 2.05) is 42.1 Å². The summed E-state index contributed by atoms with van der Waals surface area (Å²) in [6.07, 6.45) is 0.867. The molecule has 3 rings (SSSR count). The van der Waals surface area contributed by atoms with Crippen LogP contribution < -0.4 is 10.5 Å². The van der Waals surface area contributed by atoms with Gasteiger partial charge in [-0.1, -0.05) is 42.5 Å². The molecule has 1 fully saturated rings. The van der Waals surface area contributed by atoms with Crippen molar-refractivity contribution in [1.82, 2.24) is 4.90 Å². The van der Waals surface area contributed by atoms with Crippen molar-refractivity contribution in [3.8, 4) is 5.75 Å². The van der Waals surface area contributed by atoms with E-state index in [-0.39, 0.29) is 0 Å². The highest BCUT2D eigenvalue weighted by Gasteiger charge is 2.11. The molecule has 4 nitrogen and oxygen atoms in total. The molecule has 0 unspecified atom stereocenters. The van der Waals surface area contributed by atoms with Crippen molar-refractivity contribution in [1.29, 1.82) is 0 Å². The number of aliphatic imine (C=N–C) groups is 1. The Morgan fingerprint density at radius 2 is 1.80 bits per heavy atom. The number of ether oxygens (including phenoxy) is 1. The largest absolute Gasteiger partial charge is 0.489 e. The van der Waals surface area contributed by atoms with Gasteiger partial charge in [0.05, 0.1) is 0 Å². The first kappa shape index (κ1) is 17.7. The minimum Gasteiger partial charge on any atom is -0.489 e. The second-order valence-corrected chi connectivity index (χ2v) is 7.24. The number of benzene rings is 2. The van der Waals surface area contributed by atoms with Crippen molar-refractivity contribution < 1.29 is 4.74 Å². The van der Waals surface area contributed by atoms with Crippen LogP contribution in [0.25, 0.3) is 0 Å². The number of thioether (sulfide) groups is 1. The van der Waals surface area contributed by atoms with Gasteiger partial charge in [0, 0.05) is 31.1 Å². The average Bonchev–Trinajstić information content (AvgIpc) is 2.68. The molecule has 132 valence electrons. The van der Waals surface area contributed by atoms with E-state index in [1.54, 1.807) is 0 Å². The number of hydrogen-bond acceptors (Lipinski definition) is 3. The molecule has 0 radical (unpaired) electrons. The van der Waals surface area contributed by atoms with Crippen LogP contribution in [0.2, 0.25) is 0 Å². The lowest BCUT2D eigenvalue weighted by Crippen LogP contribution is -2.42. The van der Waals surface area contributed by atoms with Gasteiger partial charge < -0.3 is 15.4 Å². The lowest BCUT2D eigenvalue weighted by Gasteiger charge is -2.27. The third kappa shape index (κ3) is 5.71. The van der Waals surface area contributed by atoms with E-state index in [0.29, 0.717) is 19.1 Å². The maximum atomic E-state index is 6.10. The van der Waals surface area contributed by atoms with Crippen LogP contribution in [0.5, 0.6) is 5.75 Å². The number of nitrogens with zero attached hydrogens (tertiary/aromatic N) is 2. The van der Waals surface area contributed by atoms with Gasteiger partial charge in [-0.3, -0.25) is 4.99 Å². The molecule has 2 N–H and O–H groups in total. The third-order valence-corrected chi connectivity index (χ3v) is 5.10. The normalized spacial score (nSPS) is 15.2. The molecule has 25 heavy (non-hydrogen) atoms. The van der Waals surface area contributed by atoms with Crippen LogP contribution in [0, 0.1) is 0 Å². The molecule has 0 saturated carbocycles. The summed E-state index contributed by atoms with van der Waals surface area (Å²) in [5.74, 6) is 3.84. The zero-order chi connectivity index (χ0) is 17.3. The quantitative estimate of drug-likeness (QED) is 0.639. The van der Waals surface area contributed by atoms with Crippen molar-refractivity contribution in [2.45, 2.75) is 13.0 Å². The molecular weight excluding hydrogens is 330 g/mol. The topological polar surface area (TPSA) is 50.9 Å². The minimum atomic E-state index is 0.586. The summed E-state index contributed by atoms with van der Waals surface area (Å²) in [5, 5.41) is 0. The van der Waals surface area contributed by atoms with Gasteiger partial charge in [0.2, 0.25) is 0 Å². The van der Waals surface area contributed by atoms with E-state index in [4.69, 9.17) is 10.5 Å². The fourth-order valence-electron chi connectivity index (χ4n) is 2.72. The van der Waals surface area contributed by atoms with Crippen molar-refractivity contribution >= 4 is 17.7 Å². The number of hydrogen-bond donors (Lipinski definition) is 1. The Balaban J connectivity index is 1.49. The number of guanidine groups is 1. The molecule has 1 aliphatic heterocycles. The molecule has 1 heterocycles. The van der Waals surface area contributed by atoms with Crippen LogP contribution in [-0.2, 0) is 13.0 Å². The highest BCUT2D eigenvalue weighted by atomic mass is 32.2. The molecule has 0 aromatic heterocycles. The molecular formula is C20H25N3OS. The summed E-state index contributed by atoms with van der Waals surface area (Å²) in [4.78, 5) is 6.71. The van der Waals surface area contributed by atoms with Gasteiger partial charge in [-0.15, -0.1) is 0 Å². The summed E-state index contributed by atoms with van der Waals surface area (Å²) in [7, 11) is 0. The first-order valence-corrected chi connectivity index (χ1v) is 9.85. The summed E-state index contributed by atoms with van der Waals surface area (Å²) in [6.45, 7) is 3.30. The molecule has 5 heteroatoms. The molecule has 0 atom stereocenters. The average molecular weight is 356 g/mol. The van der Waals surface area contributed by atoms with Crippen molar-refractivity contribution in [3.05, 3.63) is 65.7 Å². The van der Waals surface area contributed by atoms with Crippen molar-refractivity contribution in [2.75, 3.05) is 31.1 Å². The van der Waals surface area contributed by atoms with Crippen LogP contribution in [-0.4, -0.2) is 42.0 Å². The highest BCUT2D eigenvalue weighted by Crippen LogP contribution is 2.16. The van der Waals surface area contributed by atoms with Gasteiger partial charge in [-0.2, -0.15) is 11.8 Å². The molecule has 2 aromatic carbocycles. The van der Waals surface area contributed by atoms with E-state index in [1.165, 1.54) is 11.1 Å². The van der Waals surface area contributed by atoms with E-state index in [9.17, 15) is 0 Å². The highest BCUT2D eigenvalue weighted by molar-refractivity contribution is 7.99. The Morgan fingerprint density at radius 1 is 1.04 bits per heavy atom. The Bertz CT molecular complexity index is 684. The predicted octanol–water partition coefficient (Wildman–Crippen LogP) is 3.17. The number of nitrogens with two attached hydrogens (primary N) is 1. The molecule has 0 spiro atoms. The first-order chi connectivity index (χ1) is 12.3. The summed E-state index contributed by atoms with van der Waals surface area (Å²) < 4.78 is 5.88. The smallest absolute Gasteiger partial charge is 0.191 e. The second-order valence-electron chi connectivity index (χ2n) is 6.01. The Kier molecular flexibility index (Phi) is 6.63. The fraction of sp³-hybridized carbons (Fsp3) is 0.350. The van der Waals surface area contributed by atoms with Crippen LogP contribution in [0.4, 0.5) is 0 Å². The zero-order valence-corrected chi connectivity index (χ0v) is 15.3. The monoisotopic (exact) mass is 355 g/mol. The molecule has 0 bridgehead atoms. The van der Waals surface area contributed by atoms with Crippen LogP contribution in [0.1, 0.15) is 11.1 Å². The maximum absolute atomic E-state index is 6.10. The standard InChI is InChI=1S/C20H25N3OS/c21-20(23-11-13-25-14-12-23)22-10-9-17-7-4-8-19(15-17)24-16-18-5-2-1-3-6-18/h1-8,15H,9-14,16H2,(H2,21,22). The predicted molar refractivity (Wildman–Crippen MR) is 106 cm³/mol. The molecule has 2 aromatic rings. The Morgan fingerprint density at radius 3 is 2.60 bits per heavy atom. The van der Waals surface area contributed by atoms with Gasteiger partial charge >= 0.3 is 0 Å². The van der Waals surface area contributed by atoms with Crippen LogP contribution in [0.15, 0.2) is 59.6 Å². The van der Waals surface area contributed by atoms with Gasteiger partial charge in [0.1, 0.15) is 12.4 Å². The molecule has 1 saturated heterocycles. The van der Waals surface area contributed by atoms with Crippen LogP contribution >= 0.6 is 11.8 Å². The second kappa shape index (κ2) is 9.37. The van der Waals surface area contributed by atoms with Gasteiger partial charge in [0.25, 0.3) is 0 Å². The lowest BCUT2D eigenvalue weighted by molar-refractivity contribution is 0.306. The van der Waals surface area contributed by atoms with Gasteiger partial charge in [-0.05, 0) is 29.7 Å². The van der Waals surface area contributed by atoms with E-state index < -0.39 is 0 Å². The summed E-state index contributed by atoms with van der Waals surface area (Å²) in [6, 6.07) is 18.4. The third-order valence-electron chi connectivity index (χ3n) is 4.16. The van der Waals surface area contributed by atoms with E-state index >= 15 is 0 Å². The van der Waals surface area contributed by atoms with Crippen LogP contribution in [0.3, 0.4) is 0 Å². The van der Waals surface area contributed by atoms with Gasteiger partial charge in [-0.25, -0.2) is 0 Å². The Hall–Kier alpha value is -2.14. The first-order valence-electron chi connectivity index (χ1n) is 8.69. The Labute approximate surface area is 154 Å². The summed E-state index contributed by atoms with van der Waals surface area (Å²) >= 11 is 1.98. The van der Waals surface area contributed by atoms with Gasteiger partial charge in [0.15, 0.2) is 5.96 Å². The molecule has 1 aliphatic rings. The van der Waals surface area contributed by atoms with E-state index in [2.05, 4.69) is 34.2 Å². The fourth-order valence-corrected chi connectivity index (χ4v) is 3.63. The molecule has 0 aliphatic carbocycles. The van der Waals surface area contributed by atoms with Crippen molar-refractivity contribution in [3.63, 3.8) is 0 Å². The van der Waals surface area contributed by atoms with Crippen molar-refractivity contribution in [2.24, 2.45) is 10.7 Å². The number of rotatable bonds is 6. The SMILES string of the molecule is NC(=NCCc1cccc(OCc2ccccc2)c1)N1CCSCC1. The minimum absolute atomic E-state index is 0.586. The molecule has 0 amide bonds. The summed E-state index contributed by atoms with van der Waals surface area (Å²) in [5.41, 5.74) is 8.49. The maximum Gasteiger partial charge on any atom is 0.191 e. The zero-order valence-electron chi connectivity index (χ0n) is 14.4. The lowest BCUT2D eigenvalue weighted by atomic mass is 10.1.